The van der Waals surface area contributed by atoms with Gasteiger partial charge in [-0.2, -0.15) is 5.10 Å². The molecule has 0 aliphatic carbocycles. The van der Waals surface area contributed by atoms with Gasteiger partial charge in [0.2, 0.25) is 0 Å². The van der Waals surface area contributed by atoms with E-state index >= 15 is 0 Å². The molecule has 0 radical (unpaired) electrons. The molecule has 2 heterocycles. The molecular weight excluding hydrogens is 214 g/mol. The minimum Gasteiger partial charge on any atom is -0.392 e. The summed E-state index contributed by atoms with van der Waals surface area (Å²) in [5.41, 5.74) is 3.48. The number of rotatable bonds is 2. The van der Waals surface area contributed by atoms with Gasteiger partial charge in [0.25, 0.3) is 0 Å². The molecule has 0 saturated heterocycles. The van der Waals surface area contributed by atoms with Gasteiger partial charge in [-0.15, -0.1) is 0 Å². The molecule has 0 spiro atoms. The molecule has 1 aromatic carbocycles. The number of H-pyrrole nitrogens is 1. The van der Waals surface area contributed by atoms with Crippen molar-refractivity contribution >= 4 is 10.9 Å². The van der Waals surface area contributed by atoms with Crippen molar-refractivity contribution < 1.29 is 5.11 Å². The largest absolute Gasteiger partial charge is 0.392 e. The Morgan fingerprint density at radius 2 is 2.00 bits per heavy atom. The summed E-state index contributed by atoms with van der Waals surface area (Å²) >= 11 is 0. The molecule has 4 nitrogen and oxygen atoms in total. The molecular formula is C13H11N3O. The number of nitrogens with one attached hydrogen (secondary N) is 1. The Balaban J connectivity index is 2.14. The van der Waals surface area contributed by atoms with E-state index in [9.17, 15) is 0 Å². The maximum absolute atomic E-state index is 9.07. The van der Waals surface area contributed by atoms with Gasteiger partial charge in [0.05, 0.1) is 17.8 Å². The lowest BCUT2D eigenvalue weighted by atomic mass is 10.1. The van der Waals surface area contributed by atoms with Crippen LogP contribution in [0.4, 0.5) is 0 Å². The topological polar surface area (TPSA) is 61.8 Å². The van der Waals surface area contributed by atoms with Crippen LogP contribution >= 0.6 is 0 Å². The molecule has 0 atom stereocenters. The molecule has 3 aromatic rings. The number of nitrogens with zero attached hydrogens (tertiary/aromatic N) is 2. The van der Waals surface area contributed by atoms with Crippen molar-refractivity contribution in [3.63, 3.8) is 0 Å². The van der Waals surface area contributed by atoms with Crippen molar-refractivity contribution in [1.29, 1.82) is 0 Å². The van der Waals surface area contributed by atoms with Crippen molar-refractivity contribution in [2.75, 3.05) is 0 Å². The summed E-state index contributed by atoms with van der Waals surface area (Å²) in [6.45, 7) is 0.0526. The van der Waals surface area contributed by atoms with Crippen molar-refractivity contribution in [2.45, 2.75) is 6.61 Å². The minimum absolute atomic E-state index is 0.0526. The minimum atomic E-state index is 0.0526. The van der Waals surface area contributed by atoms with Crippen LogP contribution in [0.25, 0.3) is 22.3 Å². The standard InChI is InChI=1S/C13H11N3O/c17-8-9-1-3-11-10(7-9)2-4-12(15-11)13-5-6-14-16-13/h1-7,17H,8H2,(H,14,16). The first-order valence-corrected chi connectivity index (χ1v) is 5.37. The molecule has 2 N–H and O–H groups in total. The normalized spacial score (nSPS) is 10.9. The number of hydrogen-bond acceptors (Lipinski definition) is 3. The van der Waals surface area contributed by atoms with Crippen LogP contribution in [0.15, 0.2) is 42.6 Å². The maximum Gasteiger partial charge on any atom is 0.110 e. The summed E-state index contributed by atoms with van der Waals surface area (Å²) in [6, 6.07) is 11.5. The maximum atomic E-state index is 9.07. The average Bonchev–Trinajstić information content (AvgIpc) is 2.91. The summed E-state index contributed by atoms with van der Waals surface area (Å²) in [4.78, 5) is 4.53. The molecule has 4 heteroatoms. The highest BCUT2D eigenvalue weighted by molar-refractivity contribution is 5.81. The molecule has 17 heavy (non-hydrogen) atoms. The third-order valence-corrected chi connectivity index (χ3v) is 2.70. The van der Waals surface area contributed by atoms with Crippen LogP contribution in [0.3, 0.4) is 0 Å². The van der Waals surface area contributed by atoms with Gasteiger partial charge < -0.3 is 5.11 Å². The smallest absolute Gasteiger partial charge is 0.110 e. The van der Waals surface area contributed by atoms with E-state index in [0.717, 1.165) is 27.9 Å². The summed E-state index contributed by atoms with van der Waals surface area (Å²) < 4.78 is 0. The van der Waals surface area contributed by atoms with E-state index in [0.29, 0.717) is 0 Å². The summed E-state index contributed by atoms with van der Waals surface area (Å²) in [5, 5.41) is 17.0. The number of benzene rings is 1. The number of aliphatic hydroxyl groups is 1. The van der Waals surface area contributed by atoms with Crippen LogP contribution < -0.4 is 0 Å². The predicted molar refractivity (Wildman–Crippen MR) is 65.2 cm³/mol. The highest BCUT2D eigenvalue weighted by Crippen LogP contribution is 2.20. The molecule has 2 aromatic heterocycles. The number of pyridine rings is 1. The molecule has 0 amide bonds. The Bertz CT molecular complexity index is 647. The first-order chi connectivity index (χ1) is 8.36. The Hall–Kier alpha value is -2.20. The highest BCUT2D eigenvalue weighted by atomic mass is 16.3. The second-order valence-electron chi connectivity index (χ2n) is 3.84. The van der Waals surface area contributed by atoms with E-state index in [2.05, 4.69) is 15.2 Å². The monoisotopic (exact) mass is 225 g/mol. The number of hydrogen-bond donors (Lipinski definition) is 2. The second-order valence-corrected chi connectivity index (χ2v) is 3.84. The fraction of sp³-hybridized carbons (Fsp3) is 0.0769. The van der Waals surface area contributed by atoms with E-state index in [1.807, 2.05) is 36.4 Å². The molecule has 0 aliphatic rings. The zero-order chi connectivity index (χ0) is 11.7. The molecule has 0 unspecified atom stereocenters. The number of aromatic nitrogens is 3. The second kappa shape index (κ2) is 3.99. The summed E-state index contributed by atoms with van der Waals surface area (Å²) in [6.07, 6.45) is 1.77. The quantitative estimate of drug-likeness (QED) is 0.702. The van der Waals surface area contributed by atoms with Crippen molar-refractivity contribution in [2.24, 2.45) is 0 Å². The van der Waals surface area contributed by atoms with Crippen LogP contribution in [0.5, 0.6) is 0 Å². The van der Waals surface area contributed by atoms with E-state index < -0.39 is 0 Å². The van der Waals surface area contributed by atoms with Crippen molar-refractivity contribution in [3.8, 4) is 11.4 Å². The SMILES string of the molecule is OCc1ccc2nc(-c3cc[nH]n3)ccc2c1. The molecule has 3 rings (SSSR count). The van der Waals surface area contributed by atoms with Gasteiger partial charge in [-0.05, 0) is 29.8 Å². The third-order valence-electron chi connectivity index (χ3n) is 2.70. The molecule has 84 valence electrons. The lowest BCUT2D eigenvalue weighted by molar-refractivity contribution is 0.282. The zero-order valence-corrected chi connectivity index (χ0v) is 9.09. The van der Waals surface area contributed by atoms with E-state index in [4.69, 9.17) is 5.11 Å². The number of aromatic amines is 1. The lowest BCUT2D eigenvalue weighted by Crippen LogP contribution is -1.88. The molecule has 0 bridgehead atoms. The molecule has 0 aliphatic heterocycles. The van der Waals surface area contributed by atoms with Gasteiger partial charge >= 0.3 is 0 Å². The zero-order valence-electron chi connectivity index (χ0n) is 9.09. The average molecular weight is 225 g/mol. The van der Waals surface area contributed by atoms with Crippen LogP contribution in [-0.4, -0.2) is 20.3 Å². The van der Waals surface area contributed by atoms with Crippen LogP contribution in [-0.2, 0) is 6.61 Å². The Morgan fingerprint density at radius 1 is 1.06 bits per heavy atom. The molecule has 0 saturated carbocycles. The van der Waals surface area contributed by atoms with Crippen LogP contribution in [0.1, 0.15) is 5.56 Å². The number of aliphatic hydroxyl groups excluding tert-OH is 1. The Labute approximate surface area is 97.9 Å². The Morgan fingerprint density at radius 3 is 2.76 bits per heavy atom. The first kappa shape index (κ1) is 9.99. The van der Waals surface area contributed by atoms with E-state index in [1.54, 1.807) is 6.20 Å². The summed E-state index contributed by atoms with van der Waals surface area (Å²) in [7, 11) is 0. The van der Waals surface area contributed by atoms with Gasteiger partial charge in [-0.3, -0.25) is 5.10 Å². The fourth-order valence-electron chi connectivity index (χ4n) is 1.82. The van der Waals surface area contributed by atoms with Crippen molar-refractivity contribution in [3.05, 3.63) is 48.2 Å². The predicted octanol–water partition coefficient (Wildman–Crippen LogP) is 2.12. The lowest BCUT2D eigenvalue weighted by Gasteiger charge is -2.02. The van der Waals surface area contributed by atoms with Gasteiger partial charge in [0.15, 0.2) is 0 Å². The highest BCUT2D eigenvalue weighted by Gasteiger charge is 2.03. The fourth-order valence-corrected chi connectivity index (χ4v) is 1.82. The van der Waals surface area contributed by atoms with Crippen molar-refractivity contribution in [1.82, 2.24) is 15.2 Å². The first-order valence-electron chi connectivity index (χ1n) is 5.37. The van der Waals surface area contributed by atoms with Gasteiger partial charge in [0.1, 0.15) is 5.69 Å². The van der Waals surface area contributed by atoms with E-state index in [1.165, 1.54) is 0 Å². The third kappa shape index (κ3) is 1.79. The Kier molecular flexibility index (Phi) is 2.34. The van der Waals surface area contributed by atoms with E-state index in [-0.39, 0.29) is 6.61 Å². The van der Waals surface area contributed by atoms with Gasteiger partial charge in [-0.1, -0.05) is 12.1 Å². The molecule has 0 fully saturated rings. The summed E-state index contributed by atoms with van der Waals surface area (Å²) in [5.74, 6) is 0. The van der Waals surface area contributed by atoms with Gasteiger partial charge in [-0.25, -0.2) is 4.98 Å². The van der Waals surface area contributed by atoms with Gasteiger partial charge in [0, 0.05) is 11.6 Å². The van der Waals surface area contributed by atoms with Crippen LogP contribution in [0.2, 0.25) is 0 Å². The van der Waals surface area contributed by atoms with Crippen LogP contribution in [0, 0.1) is 0 Å². The number of fused-ring (bicyclic) bond motifs is 1.